The predicted octanol–water partition coefficient (Wildman–Crippen LogP) is 3.28. The number of hydrogen-bond donors (Lipinski definition) is 0. The van der Waals surface area contributed by atoms with Crippen molar-refractivity contribution in [2.75, 3.05) is 13.2 Å². The third-order valence-corrected chi connectivity index (χ3v) is 4.83. The number of fused-ring (bicyclic) bond motifs is 2. The van der Waals surface area contributed by atoms with Crippen molar-refractivity contribution in [3.63, 3.8) is 0 Å². The van der Waals surface area contributed by atoms with E-state index in [1.807, 2.05) is 0 Å². The Hall–Kier alpha value is -0.340. The Labute approximate surface area is 98.0 Å². The average molecular weight is 222 g/mol. The van der Waals surface area contributed by atoms with E-state index in [4.69, 9.17) is 9.47 Å². The molecule has 2 fully saturated rings. The van der Waals surface area contributed by atoms with Crippen LogP contribution in [-0.2, 0) is 9.47 Å². The summed E-state index contributed by atoms with van der Waals surface area (Å²) in [6, 6.07) is 0. The van der Waals surface area contributed by atoms with Gasteiger partial charge in [0.05, 0.1) is 13.2 Å². The Bertz CT molecular complexity index is 313. The first-order valence-electron chi connectivity index (χ1n) is 6.64. The molecule has 1 saturated carbocycles. The third kappa shape index (κ3) is 1.54. The minimum absolute atomic E-state index is 0.203. The van der Waals surface area contributed by atoms with Crippen LogP contribution in [0.1, 0.15) is 46.0 Å². The van der Waals surface area contributed by atoms with Crippen molar-refractivity contribution in [3.8, 4) is 0 Å². The lowest BCUT2D eigenvalue weighted by Crippen LogP contribution is -2.47. The quantitative estimate of drug-likeness (QED) is 0.586. The molecule has 0 bridgehead atoms. The topological polar surface area (TPSA) is 18.5 Å². The maximum atomic E-state index is 5.99. The van der Waals surface area contributed by atoms with E-state index in [9.17, 15) is 0 Å². The molecule has 3 aliphatic rings. The number of rotatable bonds is 0. The van der Waals surface area contributed by atoms with Crippen molar-refractivity contribution in [1.82, 2.24) is 0 Å². The van der Waals surface area contributed by atoms with Crippen LogP contribution in [-0.4, -0.2) is 19.0 Å². The van der Waals surface area contributed by atoms with E-state index in [0.29, 0.717) is 5.92 Å². The van der Waals surface area contributed by atoms with E-state index in [0.717, 1.165) is 25.6 Å². The van der Waals surface area contributed by atoms with Gasteiger partial charge in [0.2, 0.25) is 0 Å². The normalized spacial score (nSPS) is 37.9. The van der Waals surface area contributed by atoms with Crippen LogP contribution in [0.5, 0.6) is 0 Å². The molecule has 0 aromatic carbocycles. The summed E-state index contributed by atoms with van der Waals surface area (Å²) in [4.78, 5) is 0. The lowest BCUT2D eigenvalue weighted by atomic mass is 9.66. The fourth-order valence-corrected chi connectivity index (χ4v) is 3.82. The summed E-state index contributed by atoms with van der Waals surface area (Å²) >= 11 is 0. The monoisotopic (exact) mass is 222 g/mol. The van der Waals surface area contributed by atoms with E-state index in [2.05, 4.69) is 13.8 Å². The van der Waals surface area contributed by atoms with Gasteiger partial charge in [0.15, 0.2) is 5.79 Å². The SMILES string of the molecule is CC1=C(C)C[C@@H]2[C@@H](CCCC23OCCO3)C1. The summed E-state index contributed by atoms with van der Waals surface area (Å²) in [7, 11) is 0. The summed E-state index contributed by atoms with van der Waals surface area (Å²) in [5.41, 5.74) is 3.18. The Balaban J connectivity index is 1.88. The zero-order chi connectivity index (χ0) is 11.2. The molecule has 1 spiro atoms. The number of allylic oxidation sites excluding steroid dienone is 2. The fourth-order valence-electron chi connectivity index (χ4n) is 3.82. The van der Waals surface area contributed by atoms with Gasteiger partial charge in [-0.3, -0.25) is 0 Å². The molecule has 2 atom stereocenters. The first-order valence-corrected chi connectivity index (χ1v) is 6.64. The third-order valence-electron chi connectivity index (χ3n) is 4.83. The molecule has 2 nitrogen and oxygen atoms in total. The van der Waals surface area contributed by atoms with Gasteiger partial charge in [-0.25, -0.2) is 0 Å². The van der Waals surface area contributed by atoms with Crippen LogP contribution in [0, 0.1) is 11.8 Å². The largest absolute Gasteiger partial charge is 0.347 e. The van der Waals surface area contributed by atoms with E-state index < -0.39 is 0 Å². The zero-order valence-electron chi connectivity index (χ0n) is 10.4. The molecular formula is C14H22O2. The molecule has 0 radical (unpaired) electrons. The smallest absolute Gasteiger partial charge is 0.171 e. The van der Waals surface area contributed by atoms with Gasteiger partial charge in [-0.1, -0.05) is 11.1 Å². The van der Waals surface area contributed by atoms with Crippen LogP contribution in [0.25, 0.3) is 0 Å². The van der Waals surface area contributed by atoms with Gasteiger partial charge in [0, 0.05) is 12.3 Å². The molecule has 3 rings (SSSR count). The average Bonchev–Trinajstić information content (AvgIpc) is 2.71. The van der Waals surface area contributed by atoms with Crippen LogP contribution in [0.15, 0.2) is 11.1 Å². The molecule has 90 valence electrons. The Morgan fingerprint density at radius 1 is 1.06 bits per heavy atom. The van der Waals surface area contributed by atoms with Crippen molar-refractivity contribution in [2.24, 2.45) is 11.8 Å². The Kier molecular flexibility index (Phi) is 2.60. The van der Waals surface area contributed by atoms with Crippen molar-refractivity contribution in [1.29, 1.82) is 0 Å². The lowest BCUT2D eigenvalue weighted by molar-refractivity contribution is -0.226. The Morgan fingerprint density at radius 2 is 1.75 bits per heavy atom. The molecule has 1 heterocycles. The molecule has 1 saturated heterocycles. The molecule has 2 aliphatic carbocycles. The van der Waals surface area contributed by atoms with Gasteiger partial charge in [-0.15, -0.1) is 0 Å². The highest BCUT2D eigenvalue weighted by Crippen LogP contribution is 2.50. The summed E-state index contributed by atoms with van der Waals surface area (Å²) in [5, 5.41) is 0. The maximum absolute atomic E-state index is 5.99. The summed E-state index contributed by atoms with van der Waals surface area (Å²) in [5.74, 6) is 1.22. The highest BCUT2D eigenvalue weighted by atomic mass is 16.7. The molecule has 0 unspecified atom stereocenters. The van der Waals surface area contributed by atoms with E-state index >= 15 is 0 Å². The molecule has 0 aromatic rings. The van der Waals surface area contributed by atoms with Crippen LogP contribution in [0.3, 0.4) is 0 Å². The van der Waals surface area contributed by atoms with Gasteiger partial charge in [-0.05, 0) is 45.4 Å². The number of ether oxygens (including phenoxy) is 2. The molecule has 2 heteroatoms. The standard InChI is InChI=1S/C14H22O2/c1-10-8-12-4-3-5-14(15-6-7-16-14)13(12)9-11(10)2/h12-13H,3-9H2,1-2H3/t12-,13+/m0/s1. The van der Waals surface area contributed by atoms with Crippen LogP contribution >= 0.6 is 0 Å². The molecular weight excluding hydrogens is 200 g/mol. The molecule has 1 aliphatic heterocycles. The van der Waals surface area contributed by atoms with Gasteiger partial charge in [0.25, 0.3) is 0 Å². The van der Waals surface area contributed by atoms with Crippen LogP contribution in [0.2, 0.25) is 0 Å². The van der Waals surface area contributed by atoms with Crippen molar-refractivity contribution < 1.29 is 9.47 Å². The molecule has 16 heavy (non-hydrogen) atoms. The van der Waals surface area contributed by atoms with Gasteiger partial charge in [0.1, 0.15) is 0 Å². The van der Waals surface area contributed by atoms with Crippen molar-refractivity contribution in [2.45, 2.75) is 51.7 Å². The first-order chi connectivity index (χ1) is 7.71. The molecule has 0 N–H and O–H groups in total. The second-order valence-corrected chi connectivity index (χ2v) is 5.74. The Morgan fingerprint density at radius 3 is 2.50 bits per heavy atom. The van der Waals surface area contributed by atoms with Crippen LogP contribution in [0.4, 0.5) is 0 Å². The molecule has 0 amide bonds. The summed E-state index contributed by atoms with van der Waals surface area (Å²) in [6.45, 7) is 6.17. The summed E-state index contributed by atoms with van der Waals surface area (Å²) < 4.78 is 12.0. The highest BCUT2D eigenvalue weighted by Gasteiger charge is 2.50. The van der Waals surface area contributed by atoms with Crippen molar-refractivity contribution in [3.05, 3.63) is 11.1 Å². The lowest BCUT2D eigenvalue weighted by Gasteiger charge is -2.47. The van der Waals surface area contributed by atoms with Gasteiger partial charge < -0.3 is 9.47 Å². The fraction of sp³-hybridized carbons (Fsp3) is 0.857. The molecule has 0 aromatic heterocycles. The minimum atomic E-state index is -0.203. The zero-order valence-corrected chi connectivity index (χ0v) is 10.4. The van der Waals surface area contributed by atoms with E-state index in [1.54, 1.807) is 11.1 Å². The second-order valence-electron chi connectivity index (χ2n) is 5.74. The van der Waals surface area contributed by atoms with E-state index in [-0.39, 0.29) is 5.79 Å². The van der Waals surface area contributed by atoms with E-state index in [1.165, 1.54) is 25.7 Å². The first kappa shape index (κ1) is 10.8. The van der Waals surface area contributed by atoms with Gasteiger partial charge in [-0.2, -0.15) is 0 Å². The maximum Gasteiger partial charge on any atom is 0.171 e. The van der Waals surface area contributed by atoms with Crippen molar-refractivity contribution >= 4 is 0 Å². The predicted molar refractivity (Wildman–Crippen MR) is 63.1 cm³/mol. The number of hydrogen-bond acceptors (Lipinski definition) is 2. The highest BCUT2D eigenvalue weighted by molar-refractivity contribution is 5.18. The summed E-state index contributed by atoms with van der Waals surface area (Å²) in [6.07, 6.45) is 6.21. The van der Waals surface area contributed by atoms with Crippen LogP contribution < -0.4 is 0 Å². The van der Waals surface area contributed by atoms with Gasteiger partial charge >= 0.3 is 0 Å². The second kappa shape index (κ2) is 3.85. The minimum Gasteiger partial charge on any atom is -0.347 e.